The van der Waals surface area contributed by atoms with Crippen LogP contribution < -0.4 is 0 Å². The van der Waals surface area contributed by atoms with Crippen LogP contribution in [-0.4, -0.2) is 14.6 Å². The molecule has 0 heterocycles. The molecule has 4 atom stereocenters. The third-order valence-electron chi connectivity index (χ3n) is 4.65. The summed E-state index contributed by atoms with van der Waals surface area (Å²) in [5.41, 5.74) is 1.06. The van der Waals surface area contributed by atoms with Crippen LogP contribution in [0.25, 0.3) is 0 Å². The molecular formula is C15H19IO. The zero-order chi connectivity index (χ0) is 11.9. The highest BCUT2D eigenvalue weighted by atomic mass is 127. The lowest BCUT2D eigenvalue weighted by Crippen LogP contribution is -2.43. The van der Waals surface area contributed by atoms with Gasteiger partial charge >= 0.3 is 0 Å². The Morgan fingerprint density at radius 1 is 1.12 bits per heavy atom. The highest BCUT2D eigenvalue weighted by molar-refractivity contribution is 14.1. The number of aliphatic hydroxyl groups is 1. The van der Waals surface area contributed by atoms with E-state index in [4.69, 9.17) is 0 Å². The smallest absolute Gasteiger partial charge is 0.0691 e. The van der Waals surface area contributed by atoms with Crippen LogP contribution >= 0.6 is 22.6 Å². The fraction of sp³-hybridized carbons (Fsp3) is 0.600. The largest absolute Gasteiger partial charge is 0.390 e. The molecule has 0 spiro atoms. The number of hydrogen-bond acceptors (Lipinski definition) is 1. The molecule has 17 heavy (non-hydrogen) atoms. The predicted molar refractivity (Wildman–Crippen MR) is 78.5 cm³/mol. The Labute approximate surface area is 117 Å². The molecule has 2 heteroatoms. The molecule has 1 N–H and O–H groups in total. The zero-order valence-corrected chi connectivity index (χ0v) is 12.1. The summed E-state index contributed by atoms with van der Waals surface area (Å²) in [7, 11) is 0. The van der Waals surface area contributed by atoms with Crippen molar-refractivity contribution in [3.8, 4) is 0 Å². The van der Waals surface area contributed by atoms with E-state index in [2.05, 4.69) is 52.9 Å². The van der Waals surface area contributed by atoms with Crippen LogP contribution in [-0.2, 0) is 0 Å². The molecule has 3 rings (SSSR count). The average Bonchev–Trinajstić information content (AvgIpc) is 2.69. The van der Waals surface area contributed by atoms with E-state index in [-0.39, 0.29) is 5.60 Å². The Kier molecular flexibility index (Phi) is 3.20. The lowest BCUT2D eigenvalue weighted by Gasteiger charge is -2.40. The number of benzene rings is 1. The SMILES string of the molecule is O[C@@]12CCCC(I)[C@@H]1C(c1ccccc1)CC2. The van der Waals surface area contributed by atoms with Gasteiger partial charge in [-0.3, -0.25) is 0 Å². The molecule has 92 valence electrons. The minimum absolute atomic E-state index is 0.370. The maximum atomic E-state index is 10.8. The van der Waals surface area contributed by atoms with Crippen molar-refractivity contribution >= 4 is 22.6 Å². The van der Waals surface area contributed by atoms with Gasteiger partial charge in [-0.2, -0.15) is 0 Å². The van der Waals surface area contributed by atoms with E-state index < -0.39 is 0 Å². The van der Waals surface area contributed by atoms with Gasteiger partial charge in [-0.1, -0.05) is 52.9 Å². The second-order valence-electron chi connectivity index (χ2n) is 5.59. The first-order valence-electron chi connectivity index (χ1n) is 6.62. The molecule has 2 unspecified atom stereocenters. The van der Waals surface area contributed by atoms with Gasteiger partial charge in [0.15, 0.2) is 0 Å². The van der Waals surface area contributed by atoms with Crippen molar-refractivity contribution in [2.45, 2.75) is 47.5 Å². The number of rotatable bonds is 1. The average molecular weight is 342 g/mol. The van der Waals surface area contributed by atoms with E-state index in [0.717, 1.165) is 19.3 Å². The molecule has 2 saturated carbocycles. The first kappa shape index (κ1) is 12.0. The molecule has 1 nitrogen and oxygen atoms in total. The third kappa shape index (κ3) is 2.03. The number of hydrogen-bond donors (Lipinski definition) is 1. The summed E-state index contributed by atoms with van der Waals surface area (Å²) in [5, 5.41) is 10.8. The van der Waals surface area contributed by atoms with Gasteiger partial charge in [-0.15, -0.1) is 0 Å². The van der Waals surface area contributed by atoms with Crippen molar-refractivity contribution in [3.63, 3.8) is 0 Å². The van der Waals surface area contributed by atoms with E-state index in [0.29, 0.717) is 15.8 Å². The second-order valence-corrected chi connectivity index (χ2v) is 7.19. The van der Waals surface area contributed by atoms with Crippen LogP contribution in [0.1, 0.15) is 43.6 Å². The molecule has 2 fully saturated rings. The Bertz CT molecular complexity index is 391. The second kappa shape index (κ2) is 4.54. The highest BCUT2D eigenvalue weighted by Gasteiger charge is 2.51. The third-order valence-corrected chi connectivity index (χ3v) is 6.05. The molecule has 2 aliphatic carbocycles. The summed E-state index contributed by atoms with van der Waals surface area (Å²) in [6, 6.07) is 10.8. The van der Waals surface area contributed by atoms with Crippen LogP contribution in [0.5, 0.6) is 0 Å². The van der Waals surface area contributed by atoms with Gasteiger partial charge < -0.3 is 5.11 Å². The van der Waals surface area contributed by atoms with Gasteiger partial charge in [0.2, 0.25) is 0 Å². The van der Waals surface area contributed by atoms with Crippen LogP contribution in [0.15, 0.2) is 30.3 Å². The maximum Gasteiger partial charge on any atom is 0.0691 e. The molecular weight excluding hydrogens is 323 g/mol. The van der Waals surface area contributed by atoms with Crippen molar-refractivity contribution in [1.29, 1.82) is 0 Å². The summed E-state index contributed by atoms with van der Waals surface area (Å²) in [5.74, 6) is 1.04. The summed E-state index contributed by atoms with van der Waals surface area (Å²) < 4.78 is 0.638. The lowest BCUT2D eigenvalue weighted by atomic mass is 9.73. The molecule has 0 aliphatic heterocycles. The Hall–Kier alpha value is -0.0900. The van der Waals surface area contributed by atoms with Crippen molar-refractivity contribution in [2.75, 3.05) is 0 Å². The van der Waals surface area contributed by atoms with Gasteiger partial charge in [0, 0.05) is 9.84 Å². The molecule has 0 amide bonds. The van der Waals surface area contributed by atoms with E-state index in [1.807, 2.05) is 0 Å². The molecule has 1 aromatic carbocycles. The maximum absolute atomic E-state index is 10.8. The van der Waals surface area contributed by atoms with Gasteiger partial charge in [0.25, 0.3) is 0 Å². The summed E-state index contributed by atoms with van der Waals surface area (Å²) in [6.07, 6.45) is 5.64. The quantitative estimate of drug-likeness (QED) is 0.606. The minimum Gasteiger partial charge on any atom is -0.390 e. The molecule has 0 aromatic heterocycles. The Morgan fingerprint density at radius 2 is 1.88 bits per heavy atom. The fourth-order valence-electron chi connectivity index (χ4n) is 3.86. The van der Waals surface area contributed by atoms with E-state index in [9.17, 15) is 5.11 Å². The number of alkyl halides is 1. The van der Waals surface area contributed by atoms with Crippen molar-refractivity contribution in [1.82, 2.24) is 0 Å². The first-order valence-corrected chi connectivity index (χ1v) is 7.87. The van der Waals surface area contributed by atoms with Crippen molar-refractivity contribution in [3.05, 3.63) is 35.9 Å². The summed E-state index contributed by atoms with van der Waals surface area (Å²) in [4.78, 5) is 0. The Balaban J connectivity index is 1.93. The van der Waals surface area contributed by atoms with E-state index in [1.54, 1.807) is 0 Å². The molecule has 2 aliphatic rings. The highest BCUT2D eigenvalue weighted by Crippen LogP contribution is 2.54. The fourth-order valence-corrected chi connectivity index (χ4v) is 5.47. The monoisotopic (exact) mass is 342 g/mol. The summed E-state index contributed by atoms with van der Waals surface area (Å²) >= 11 is 2.57. The first-order chi connectivity index (χ1) is 8.21. The van der Waals surface area contributed by atoms with Crippen LogP contribution in [0.3, 0.4) is 0 Å². The normalized spacial score (nSPS) is 41.2. The van der Waals surface area contributed by atoms with Crippen molar-refractivity contribution in [2.24, 2.45) is 5.92 Å². The molecule has 0 bridgehead atoms. The van der Waals surface area contributed by atoms with Gasteiger partial charge in [-0.25, -0.2) is 0 Å². The van der Waals surface area contributed by atoms with Gasteiger partial charge in [0.05, 0.1) is 5.60 Å². The standard InChI is InChI=1S/C15H19IO/c16-13-7-4-9-15(17)10-8-12(14(13)15)11-5-2-1-3-6-11/h1-3,5-6,12-14,17H,4,7-10H2/t12?,13?,14-,15+/m0/s1. The molecule has 0 radical (unpaired) electrons. The Morgan fingerprint density at radius 3 is 2.65 bits per heavy atom. The molecule has 1 aromatic rings. The van der Waals surface area contributed by atoms with Gasteiger partial charge in [0.1, 0.15) is 0 Å². The number of fused-ring (bicyclic) bond motifs is 1. The van der Waals surface area contributed by atoms with Crippen LogP contribution in [0.2, 0.25) is 0 Å². The van der Waals surface area contributed by atoms with E-state index in [1.165, 1.54) is 18.4 Å². The van der Waals surface area contributed by atoms with Crippen LogP contribution in [0.4, 0.5) is 0 Å². The predicted octanol–water partition coefficient (Wildman–Crippen LogP) is 3.90. The number of halogens is 1. The lowest BCUT2D eigenvalue weighted by molar-refractivity contribution is -0.0254. The van der Waals surface area contributed by atoms with Gasteiger partial charge in [-0.05, 0) is 43.6 Å². The zero-order valence-electron chi connectivity index (χ0n) is 9.98. The van der Waals surface area contributed by atoms with Crippen LogP contribution in [0, 0.1) is 5.92 Å². The van der Waals surface area contributed by atoms with Crippen molar-refractivity contribution < 1.29 is 5.11 Å². The summed E-state index contributed by atoms with van der Waals surface area (Å²) in [6.45, 7) is 0. The van der Waals surface area contributed by atoms with E-state index >= 15 is 0 Å². The minimum atomic E-state index is -0.370. The topological polar surface area (TPSA) is 20.2 Å². The molecule has 0 saturated heterocycles.